The van der Waals surface area contributed by atoms with Gasteiger partial charge in [0.05, 0.1) is 31.1 Å². The molecule has 2 heterocycles. The van der Waals surface area contributed by atoms with Gasteiger partial charge in [-0.1, -0.05) is 17.3 Å². The fourth-order valence-electron chi connectivity index (χ4n) is 3.62. The Balaban J connectivity index is 1.78. The number of pyridine rings is 1. The summed E-state index contributed by atoms with van der Waals surface area (Å²) in [5, 5.41) is 5.14. The highest BCUT2D eigenvalue weighted by atomic mass is 16.5. The molecule has 0 spiro atoms. The van der Waals surface area contributed by atoms with Crippen LogP contribution >= 0.6 is 0 Å². The number of aromatic nitrogens is 2. The zero-order valence-corrected chi connectivity index (χ0v) is 17.7. The molecule has 154 valence electrons. The van der Waals surface area contributed by atoms with Gasteiger partial charge in [-0.15, -0.1) is 0 Å². The van der Waals surface area contributed by atoms with Gasteiger partial charge in [-0.25, -0.2) is 4.98 Å². The van der Waals surface area contributed by atoms with E-state index in [1.165, 1.54) is 5.56 Å². The third-order valence-electron chi connectivity index (χ3n) is 5.07. The number of ether oxygens (including phenoxy) is 2. The first-order chi connectivity index (χ1) is 14.6. The second-order valence-electron chi connectivity index (χ2n) is 7.43. The summed E-state index contributed by atoms with van der Waals surface area (Å²) >= 11 is 0. The molecule has 0 aliphatic carbocycles. The van der Waals surface area contributed by atoms with Crippen molar-refractivity contribution in [2.45, 2.75) is 20.0 Å². The van der Waals surface area contributed by atoms with Crippen LogP contribution in [-0.2, 0) is 13.1 Å². The number of benzene rings is 2. The first-order valence-corrected chi connectivity index (χ1v) is 9.78. The molecular weight excluding hydrogens is 378 g/mol. The highest BCUT2D eigenvalue weighted by Crippen LogP contribution is 2.34. The molecule has 4 aromatic rings. The molecule has 6 heteroatoms. The molecule has 0 aliphatic heterocycles. The minimum Gasteiger partial charge on any atom is -0.493 e. The molecule has 0 atom stereocenters. The summed E-state index contributed by atoms with van der Waals surface area (Å²) in [6.45, 7) is 3.48. The molecule has 0 fully saturated rings. The van der Waals surface area contributed by atoms with E-state index in [1.54, 1.807) is 20.5 Å². The van der Waals surface area contributed by atoms with E-state index in [0.29, 0.717) is 24.6 Å². The van der Waals surface area contributed by atoms with Gasteiger partial charge in [-0.05, 0) is 55.4 Å². The lowest BCUT2D eigenvalue weighted by Gasteiger charge is -2.19. The zero-order chi connectivity index (χ0) is 21.1. The third kappa shape index (κ3) is 4.14. The summed E-state index contributed by atoms with van der Waals surface area (Å²) in [6.07, 6.45) is 1.60. The normalized spacial score (nSPS) is 11.2. The van der Waals surface area contributed by atoms with Crippen molar-refractivity contribution in [1.29, 1.82) is 0 Å². The summed E-state index contributed by atoms with van der Waals surface area (Å²) in [5.41, 5.74) is 6.10. The Morgan fingerprint density at radius 2 is 1.77 bits per heavy atom. The highest BCUT2D eigenvalue weighted by Gasteiger charge is 2.15. The summed E-state index contributed by atoms with van der Waals surface area (Å²) < 4.78 is 15.9. The number of rotatable bonds is 7. The molecule has 6 nitrogen and oxygen atoms in total. The predicted octanol–water partition coefficient (Wildman–Crippen LogP) is 4.85. The van der Waals surface area contributed by atoms with Gasteiger partial charge in [0, 0.05) is 30.1 Å². The van der Waals surface area contributed by atoms with Gasteiger partial charge in [-0.2, -0.15) is 0 Å². The van der Waals surface area contributed by atoms with E-state index in [1.807, 2.05) is 24.3 Å². The SMILES string of the molecule is COc1ccc(-c2nc3cc(C)ccc3cc2CN(C)Cc2ccon2)cc1OC. The molecular formula is C24H25N3O3. The summed E-state index contributed by atoms with van der Waals surface area (Å²) in [7, 11) is 5.34. The average molecular weight is 403 g/mol. The van der Waals surface area contributed by atoms with E-state index in [2.05, 4.69) is 48.3 Å². The Labute approximate surface area is 176 Å². The van der Waals surface area contributed by atoms with E-state index in [0.717, 1.165) is 33.4 Å². The van der Waals surface area contributed by atoms with Gasteiger partial charge in [0.25, 0.3) is 0 Å². The van der Waals surface area contributed by atoms with Gasteiger partial charge in [0.2, 0.25) is 0 Å². The Morgan fingerprint density at radius 1 is 0.933 bits per heavy atom. The second-order valence-corrected chi connectivity index (χ2v) is 7.43. The van der Waals surface area contributed by atoms with Crippen molar-refractivity contribution < 1.29 is 14.0 Å². The fourth-order valence-corrected chi connectivity index (χ4v) is 3.62. The number of nitrogens with zero attached hydrogens (tertiary/aromatic N) is 3. The largest absolute Gasteiger partial charge is 0.493 e. The van der Waals surface area contributed by atoms with Crippen LogP contribution in [0.25, 0.3) is 22.2 Å². The van der Waals surface area contributed by atoms with Gasteiger partial charge in [0.1, 0.15) is 6.26 Å². The number of aryl methyl sites for hydroxylation is 1. The minimum absolute atomic E-state index is 0.683. The lowest BCUT2D eigenvalue weighted by molar-refractivity contribution is 0.304. The van der Waals surface area contributed by atoms with Crippen LogP contribution in [-0.4, -0.2) is 36.3 Å². The van der Waals surface area contributed by atoms with Crippen molar-refractivity contribution in [3.8, 4) is 22.8 Å². The lowest BCUT2D eigenvalue weighted by Crippen LogP contribution is -2.18. The number of fused-ring (bicyclic) bond motifs is 1. The van der Waals surface area contributed by atoms with Crippen molar-refractivity contribution >= 4 is 10.9 Å². The monoisotopic (exact) mass is 403 g/mol. The second kappa shape index (κ2) is 8.55. The maximum Gasteiger partial charge on any atom is 0.161 e. The molecule has 30 heavy (non-hydrogen) atoms. The summed E-state index contributed by atoms with van der Waals surface area (Å²) in [6, 6.07) is 16.4. The van der Waals surface area contributed by atoms with Crippen LogP contribution in [0.2, 0.25) is 0 Å². The quantitative estimate of drug-likeness (QED) is 0.440. The van der Waals surface area contributed by atoms with Crippen LogP contribution < -0.4 is 9.47 Å². The molecule has 0 saturated heterocycles. The van der Waals surface area contributed by atoms with Gasteiger partial charge in [-0.3, -0.25) is 4.90 Å². The first kappa shape index (κ1) is 19.9. The Hall–Kier alpha value is -3.38. The molecule has 2 aromatic carbocycles. The standard InChI is InChI=1S/C24H25N3O3/c1-16-5-6-17-12-19(14-27(2)15-20-9-10-30-26-20)24(25-21(17)11-16)18-7-8-22(28-3)23(13-18)29-4/h5-13H,14-15H2,1-4H3. The molecule has 0 radical (unpaired) electrons. The van der Waals surface area contributed by atoms with E-state index in [4.69, 9.17) is 19.0 Å². The van der Waals surface area contributed by atoms with Crippen molar-refractivity contribution in [3.05, 3.63) is 71.6 Å². The van der Waals surface area contributed by atoms with Crippen molar-refractivity contribution in [3.63, 3.8) is 0 Å². The number of hydrogen-bond donors (Lipinski definition) is 0. The Bertz CT molecular complexity index is 1160. The van der Waals surface area contributed by atoms with E-state index in [9.17, 15) is 0 Å². The lowest BCUT2D eigenvalue weighted by atomic mass is 10.0. The van der Waals surface area contributed by atoms with Crippen molar-refractivity contribution in [1.82, 2.24) is 15.0 Å². The molecule has 0 amide bonds. The molecule has 0 bridgehead atoms. The fraction of sp³-hybridized carbons (Fsp3) is 0.250. The molecule has 0 saturated carbocycles. The van der Waals surface area contributed by atoms with Crippen LogP contribution in [0.5, 0.6) is 11.5 Å². The molecule has 0 N–H and O–H groups in total. The molecule has 0 aliphatic rings. The van der Waals surface area contributed by atoms with Gasteiger partial charge in [0.15, 0.2) is 11.5 Å². The van der Waals surface area contributed by atoms with Crippen LogP contribution in [0, 0.1) is 6.92 Å². The summed E-state index contributed by atoms with van der Waals surface area (Å²) in [5.74, 6) is 1.38. The maximum absolute atomic E-state index is 5.51. The smallest absolute Gasteiger partial charge is 0.161 e. The maximum atomic E-state index is 5.51. The van der Waals surface area contributed by atoms with E-state index in [-0.39, 0.29) is 0 Å². The predicted molar refractivity (Wildman–Crippen MR) is 117 cm³/mol. The van der Waals surface area contributed by atoms with E-state index < -0.39 is 0 Å². The van der Waals surface area contributed by atoms with E-state index >= 15 is 0 Å². The molecule has 4 rings (SSSR count). The number of hydrogen-bond acceptors (Lipinski definition) is 6. The van der Waals surface area contributed by atoms with Crippen molar-refractivity contribution in [2.24, 2.45) is 0 Å². The summed E-state index contributed by atoms with van der Waals surface area (Å²) in [4.78, 5) is 7.22. The van der Waals surface area contributed by atoms with Gasteiger partial charge < -0.3 is 14.0 Å². The third-order valence-corrected chi connectivity index (χ3v) is 5.07. The average Bonchev–Trinajstić information content (AvgIpc) is 3.25. The number of methoxy groups -OCH3 is 2. The zero-order valence-electron chi connectivity index (χ0n) is 17.7. The van der Waals surface area contributed by atoms with Crippen LogP contribution in [0.1, 0.15) is 16.8 Å². The van der Waals surface area contributed by atoms with Crippen LogP contribution in [0.15, 0.2) is 59.3 Å². The topological polar surface area (TPSA) is 60.6 Å². The Kier molecular flexibility index (Phi) is 5.68. The highest BCUT2D eigenvalue weighted by molar-refractivity contribution is 5.84. The van der Waals surface area contributed by atoms with Crippen LogP contribution in [0.3, 0.4) is 0 Å². The van der Waals surface area contributed by atoms with Crippen molar-refractivity contribution in [2.75, 3.05) is 21.3 Å². The van der Waals surface area contributed by atoms with Crippen LogP contribution in [0.4, 0.5) is 0 Å². The first-order valence-electron chi connectivity index (χ1n) is 9.78. The molecule has 0 unspecified atom stereocenters. The van der Waals surface area contributed by atoms with Gasteiger partial charge >= 0.3 is 0 Å². The molecule has 2 aromatic heterocycles. The Morgan fingerprint density at radius 3 is 2.50 bits per heavy atom. The minimum atomic E-state index is 0.683.